The number of hydrogen-bond donors (Lipinski definition) is 2. The molecule has 0 aromatic heterocycles. The zero-order valence-corrected chi connectivity index (χ0v) is 13.7. The Bertz CT molecular complexity index is 543. The number of benzene rings is 1. The quantitative estimate of drug-likeness (QED) is 0.889. The van der Waals surface area contributed by atoms with Crippen LogP contribution in [0.3, 0.4) is 0 Å². The molecule has 1 aromatic rings. The molecule has 0 aliphatic carbocycles. The van der Waals surface area contributed by atoms with E-state index in [1.54, 1.807) is 0 Å². The van der Waals surface area contributed by atoms with E-state index < -0.39 is 0 Å². The molecular weight excluding hydrogens is 274 g/mol. The lowest BCUT2D eigenvalue weighted by Gasteiger charge is -2.35. The summed E-state index contributed by atoms with van der Waals surface area (Å²) < 4.78 is 0. The van der Waals surface area contributed by atoms with Gasteiger partial charge in [0.15, 0.2) is 0 Å². The van der Waals surface area contributed by atoms with Crippen LogP contribution in [0.25, 0.3) is 0 Å². The molecule has 2 heterocycles. The number of rotatable bonds is 3. The van der Waals surface area contributed by atoms with Crippen molar-refractivity contribution in [1.82, 2.24) is 15.5 Å². The molecule has 2 N–H and O–H groups in total. The van der Waals surface area contributed by atoms with Gasteiger partial charge in [-0.2, -0.15) is 0 Å². The van der Waals surface area contributed by atoms with E-state index in [1.807, 2.05) is 0 Å². The molecular formula is C18H27N3O. The van der Waals surface area contributed by atoms with Crippen LogP contribution in [0.2, 0.25) is 0 Å². The zero-order valence-electron chi connectivity index (χ0n) is 13.7. The SMILES string of the molecule is CC1CC(NC(=O)Cc2cccc3c2CCNC3)CCN1C. The van der Waals surface area contributed by atoms with Crippen LogP contribution in [0.1, 0.15) is 36.5 Å². The van der Waals surface area contributed by atoms with Crippen molar-refractivity contribution in [3.63, 3.8) is 0 Å². The maximum absolute atomic E-state index is 12.4. The van der Waals surface area contributed by atoms with E-state index in [-0.39, 0.29) is 5.91 Å². The molecule has 1 aromatic carbocycles. The minimum atomic E-state index is 0.175. The number of amides is 1. The molecule has 0 saturated carbocycles. The minimum absolute atomic E-state index is 0.175. The van der Waals surface area contributed by atoms with Crippen LogP contribution < -0.4 is 10.6 Å². The molecule has 3 rings (SSSR count). The van der Waals surface area contributed by atoms with Crippen molar-refractivity contribution in [2.75, 3.05) is 20.1 Å². The Kier molecular flexibility index (Phi) is 4.79. The predicted molar refractivity (Wildman–Crippen MR) is 88.8 cm³/mol. The number of nitrogens with zero attached hydrogens (tertiary/aromatic N) is 1. The van der Waals surface area contributed by atoms with Gasteiger partial charge in [-0.05, 0) is 56.5 Å². The minimum Gasteiger partial charge on any atom is -0.353 e. The molecule has 4 heteroatoms. The molecule has 1 amide bonds. The monoisotopic (exact) mass is 301 g/mol. The molecule has 1 saturated heterocycles. The molecule has 2 unspecified atom stereocenters. The zero-order chi connectivity index (χ0) is 15.5. The Labute approximate surface area is 133 Å². The highest BCUT2D eigenvalue weighted by Gasteiger charge is 2.24. The van der Waals surface area contributed by atoms with Gasteiger partial charge >= 0.3 is 0 Å². The number of carbonyl (C=O) groups is 1. The predicted octanol–water partition coefficient (Wildman–Crippen LogP) is 1.47. The van der Waals surface area contributed by atoms with Gasteiger partial charge < -0.3 is 15.5 Å². The fourth-order valence-corrected chi connectivity index (χ4v) is 3.65. The molecule has 2 aliphatic heterocycles. The van der Waals surface area contributed by atoms with Gasteiger partial charge in [0.1, 0.15) is 0 Å². The molecule has 0 spiro atoms. The van der Waals surface area contributed by atoms with E-state index in [2.05, 4.69) is 47.7 Å². The number of carbonyl (C=O) groups excluding carboxylic acids is 1. The number of hydrogen-bond acceptors (Lipinski definition) is 3. The molecule has 0 bridgehead atoms. The van der Waals surface area contributed by atoms with Crippen molar-refractivity contribution in [3.05, 3.63) is 34.9 Å². The number of piperidine rings is 1. The van der Waals surface area contributed by atoms with Crippen LogP contribution >= 0.6 is 0 Å². The van der Waals surface area contributed by atoms with Crippen LogP contribution in [-0.4, -0.2) is 43.0 Å². The second-order valence-electron chi connectivity index (χ2n) is 6.78. The van der Waals surface area contributed by atoms with Crippen LogP contribution in [0, 0.1) is 0 Å². The standard InChI is InChI=1S/C18H27N3O/c1-13-10-16(7-9-21(13)2)20-18(22)11-14-4-3-5-15-12-19-8-6-17(14)15/h3-5,13,16,19H,6-12H2,1-2H3,(H,20,22). The van der Waals surface area contributed by atoms with Crippen molar-refractivity contribution in [1.29, 1.82) is 0 Å². The highest BCUT2D eigenvalue weighted by Crippen LogP contribution is 2.20. The third-order valence-corrected chi connectivity index (χ3v) is 5.16. The van der Waals surface area contributed by atoms with Crippen LogP contribution in [0.5, 0.6) is 0 Å². The van der Waals surface area contributed by atoms with E-state index in [0.29, 0.717) is 18.5 Å². The molecule has 4 nitrogen and oxygen atoms in total. The first kappa shape index (κ1) is 15.5. The second-order valence-corrected chi connectivity index (χ2v) is 6.78. The second kappa shape index (κ2) is 6.80. The summed E-state index contributed by atoms with van der Waals surface area (Å²) in [6.45, 7) is 5.24. The lowest BCUT2D eigenvalue weighted by atomic mass is 9.93. The van der Waals surface area contributed by atoms with Gasteiger partial charge in [0.05, 0.1) is 6.42 Å². The van der Waals surface area contributed by atoms with Gasteiger partial charge in [0.25, 0.3) is 0 Å². The van der Waals surface area contributed by atoms with E-state index in [4.69, 9.17) is 0 Å². The Hall–Kier alpha value is -1.39. The third kappa shape index (κ3) is 3.50. The van der Waals surface area contributed by atoms with Crippen LogP contribution in [0.15, 0.2) is 18.2 Å². The summed E-state index contributed by atoms with van der Waals surface area (Å²) in [4.78, 5) is 14.8. The first-order valence-corrected chi connectivity index (χ1v) is 8.43. The Morgan fingerprint density at radius 2 is 2.32 bits per heavy atom. The van der Waals surface area contributed by atoms with Gasteiger partial charge in [-0.3, -0.25) is 4.79 Å². The maximum Gasteiger partial charge on any atom is 0.224 e. The fraction of sp³-hybridized carbons (Fsp3) is 0.611. The largest absolute Gasteiger partial charge is 0.353 e. The summed E-state index contributed by atoms with van der Waals surface area (Å²) in [6, 6.07) is 7.24. The Morgan fingerprint density at radius 3 is 3.14 bits per heavy atom. The average molecular weight is 301 g/mol. The molecule has 2 atom stereocenters. The van der Waals surface area contributed by atoms with E-state index >= 15 is 0 Å². The summed E-state index contributed by atoms with van der Waals surface area (Å²) >= 11 is 0. The lowest BCUT2D eigenvalue weighted by Crippen LogP contribution is -2.47. The van der Waals surface area contributed by atoms with Gasteiger partial charge in [-0.25, -0.2) is 0 Å². The van der Waals surface area contributed by atoms with E-state index in [0.717, 1.165) is 38.9 Å². The molecule has 0 radical (unpaired) electrons. The van der Waals surface area contributed by atoms with Crippen LogP contribution in [0.4, 0.5) is 0 Å². The average Bonchev–Trinajstić information content (AvgIpc) is 2.51. The van der Waals surface area contributed by atoms with E-state index in [9.17, 15) is 4.79 Å². The first-order valence-electron chi connectivity index (χ1n) is 8.43. The fourth-order valence-electron chi connectivity index (χ4n) is 3.65. The van der Waals surface area contributed by atoms with Crippen molar-refractivity contribution in [3.8, 4) is 0 Å². The van der Waals surface area contributed by atoms with Gasteiger partial charge in [0, 0.05) is 25.2 Å². The Balaban J connectivity index is 1.60. The van der Waals surface area contributed by atoms with Crippen LogP contribution in [-0.2, 0) is 24.2 Å². The normalized spacial score (nSPS) is 25.5. The highest BCUT2D eigenvalue weighted by atomic mass is 16.1. The van der Waals surface area contributed by atoms with Crippen molar-refractivity contribution >= 4 is 5.91 Å². The maximum atomic E-state index is 12.4. The van der Waals surface area contributed by atoms with Gasteiger partial charge in [-0.15, -0.1) is 0 Å². The summed E-state index contributed by atoms with van der Waals surface area (Å²) in [7, 11) is 2.16. The number of nitrogens with one attached hydrogen (secondary N) is 2. The summed E-state index contributed by atoms with van der Waals surface area (Å²) in [5, 5.41) is 6.63. The summed E-state index contributed by atoms with van der Waals surface area (Å²) in [5.41, 5.74) is 3.94. The van der Waals surface area contributed by atoms with Crippen molar-refractivity contribution < 1.29 is 4.79 Å². The lowest BCUT2D eigenvalue weighted by molar-refractivity contribution is -0.121. The molecule has 22 heavy (non-hydrogen) atoms. The first-order chi connectivity index (χ1) is 10.6. The highest BCUT2D eigenvalue weighted by molar-refractivity contribution is 5.79. The third-order valence-electron chi connectivity index (χ3n) is 5.16. The topological polar surface area (TPSA) is 44.4 Å². The van der Waals surface area contributed by atoms with Gasteiger partial charge in [-0.1, -0.05) is 18.2 Å². The number of likely N-dealkylation sites (tertiary alicyclic amines) is 1. The Morgan fingerprint density at radius 1 is 1.45 bits per heavy atom. The summed E-state index contributed by atoms with van der Waals surface area (Å²) in [5.74, 6) is 0.175. The van der Waals surface area contributed by atoms with Crippen molar-refractivity contribution in [2.24, 2.45) is 0 Å². The van der Waals surface area contributed by atoms with Gasteiger partial charge in [0.2, 0.25) is 5.91 Å². The molecule has 2 aliphatic rings. The van der Waals surface area contributed by atoms with E-state index in [1.165, 1.54) is 16.7 Å². The molecule has 120 valence electrons. The molecule has 1 fully saturated rings. The number of fused-ring (bicyclic) bond motifs is 1. The van der Waals surface area contributed by atoms with Crippen molar-refractivity contribution in [2.45, 2.75) is 51.2 Å². The smallest absolute Gasteiger partial charge is 0.224 e. The summed E-state index contributed by atoms with van der Waals surface area (Å²) in [6.07, 6.45) is 3.66.